The minimum absolute atomic E-state index is 0.0305. The van der Waals surface area contributed by atoms with Crippen LogP contribution in [0.2, 0.25) is 5.15 Å². The van der Waals surface area contributed by atoms with E-state index in [1.165, 1.54) is 6.33 Å². The number of halogens is 1. The highest BCUT2D eigenvalue weighted by Crippen LogP contribution is 2.29. The van der Waals surface area contributed by atoms with Gasteiger partial charge in [-0.2, -0.15) is 0 Å². The molecule has 0 aromatic carbocycles. The quantitative estimate of drug-likeness (QED) is 0.888. The highest BCUT2D eigenvalue weighted by atomic mass is 35.5. The molecule has 0 saturated carbocycles. The predicted molar refractivity (Wildman–Crippen MR) is 55.4 cm³/mol. The second-order valence-electron chi connectivity index (χ2n) is 3.04. The summed E-state index contributed by atoms with van der Waals surface area (Å²) in [5.41, 5.74) is 0.399. The Kier molecular flexibility index (Phi) is 2.66. The van der Waals surface area contributed by atoms with Gasteiger partial charge in [-0.1, -0.05) is 16.8 Å². The van der Waals surface area contributed by atoms with Crippen LogP contribution in [-0.4, -0.2) is 25.8 Å². The molecule has 2 rings (SSSR count). The normalized spacial score (nSPS) is 10.6. The van der Waals surface area contributed by atoms with E-state index in [0.29, 0.717) is 12.2 Å². The molecular weight excluding hydrogens is 234 g/mol. The molecule has 0 aliphatic carbocycles. The van der Waals surface area contributed by atoms with Gasteiger partial charge in [-0.25, -0.2) is 9.78 Å². The van der Waals surface area contributed by atoms with Crippen molar-refractivity contribution in [3.8, 4) is 11.5 Å². The van der Waals surface area contributed by atoms with Crippen molar-refractivity contribution in [1.29, 1.82) is 0 Å². The zero-order valence-corrected chi connectivity index (χ0v) is 9.10. The van der Waals surface area contributed by atoms with Gasteiger partial charge in [0.1, 0.15) is 11.3 Å². The molecule has 0 atom stereocenters. The minimum atomic E-state index is -1.11. The van der Waals surface area contributed by atoms with Gasteiger partial charge < -0.3 is 14.2 Å². The monoisotopic (exact) mass is 241 g/mol. The smallest absolute Gasteiger partial charge is 0.341 e. The van der Waals surface area contributed by atoms with Crippen LogP contribution in [0.1, 0.15) is 17.3 Å². The SMILES string of the molecule is CCn1cnc(Cl)c1-c1oncc1C(=O)O. The summed E-state index contributed by atoms with van der Waals surface area (Å²) in [4.78, 5) is 14.8. The minimum Gasteiger partial charge on any atom is -0.477 e. The van der Waals surface area contributed by atoms with Crippen LogP contribution in [-0.2, 0) is 6.54 Å². The topological polar surface area (TPSA) is 81.2 Å². The summed E-state index contributed by atoms with van der Waals surface area (Å²) in [6.45, 7) is 2.49. The molecule has 0 saturated heterocycles. The number of aromatic nitrogens is 3. The van der Waals surface area contributed by atoms with Gasteiger partial charge in [0, 0.05) is 6.54 Å². The number of hydrogen-bond donors (Lipinski definition) is 1. The van der Waals surface area contributed by atoms with E-state index in [1.807, 2.05) is 6.92 Å². The third kappa shape index (κ3) is 1.57. The zero-order valence-electron chi connectivity index (χ0n) is 8.35. The molecule has 16 heavy (non-hydrogen) atoms. The van der Waals surface area contributed by atoms with Crippen LogP contribution >= 0.6 is 11.6 Å². The van der Waals surface area contributed by atoms with E-state index in [0.717, 1.165) is 6.20 Å². The summed E-state index contributed by atoms with van der Waals surface area (Å²) >= 11 is 5.88. The Morgan fingerprint density at radius 2 is 2.44 bits per heavy atom. The van der Waals surface area contributed by atoms with E-state index >= 15 is 0 Å². The van der Waals surface area contributed by atoms with Gasteiger partial charge in [-0.3, -0.25) is 0 Å². The van der Waals surface area contributed by atoms with E-state index in [4.69, 9.17) is 21.2 Å². The van der Waals surface area contributed by atoms with Gasteiger partial charge >= 0.3 is 5.97 Å². The number of nitrogens with zero attached hydrogens (tertiary/aromatic N) is 3. The highest BCUT2D eigenvalue weighted by Gasteiger charge is 2.22. The molecule has 0 bridgehead atoms. The molecule has 7 heteroatoms. The Morgan fingerprint density at radius 1 is 1.69 bits per heavy atom. The lowest BCUT2D eigenvalue weighted by atomic mass is 10.2. The Balaban J connectivity index is 2.62. The standard InChI is InChI=1S/C9H8ClN3O3/c1-2-13-4-11-8(10)6(13)7-5(9(14)15)3-12-16-7/h3-4H,2H2,1H3,(H,14,15). The summed E-state index contributed by atoms with van der Waals surface area (Å²) in [7, 11) is 0. The molecule has 2 aromatic heterocycles. The molecule has 0 amide bonds. The second-order valence-corrected chi connectivity index (χ2v) is 3.40. The van der Waals surface area contributed by atoms with Crippen molar-refractivity contribution in [2.24, 2.45) is 0 Å². The van der Waals surface area contributed by atoms with Crippen molar-refractivity contribution in [1.82, 2.24) is 14.7 Å². The average molecular weight is 242 g/mol. The molecule has 0 fully saturated rings. The first kappa shape index (κ1) is 10.7. The number of carboxylic acid groups (broad SMARTS) is 1. The van der Waals surface area contributed by atoms with Crippen molar-refractivity contribution < 1.29 is 14.4 Å². The van der Waals surface area contributed by atoms with Gasteiger partial charge in [0.05, 0.1) is 12.5 Å². The van der Waals surface area contributed by atoms with Gasteiger partial charge in [0.15, 0.2) is 5.15 Å². The number of hydrogen-bond acceptors (Lipinski definition) is 4. The largest absolute Gasteiger partial charge is 0.477 e. The summed E-state index contributed by atoms with van der Waals surface area (Å²) in [6.07, 6.45) is 2.66. The van der Waals surface area contributed by atoms with Crippen molar-refractivity contribution in [3.05, 3.63) is 23.2 Å². The lowest BCUT2D eigenvalue weighted by Crippen LogP contribution is -2.00. The lowest BCUT2D eigenvalue weighted by Gasteiger charge is -2.02. The lowest BCUT2D eigenvalue weighted by molar-refractivity contribution is 0.0697. The van der Waals surface area contributed by atoms with Crippen LogP contribution in [0.3, 0.4) is 0 Å². The molecular formula is C9H8ClN3O3. The van der Waals surface area contributed by atoms with Crippen LogP contribution in [0.25, 0.3) is 11.5 Å². The average Bonchev–Trinajstić information content (AvgIpc) is 2.82. The Bertz CT molecular complexity index is 532. The first-order valence-corrected chi connectivity index (χ1v) is 4.92. The third-order valence-electron chi connectivity index (χ3n) is 2.15. The highest BCUT2D eigenvalue weighted by molar-refractivity contribution is 6.32. The number of carboxylic acids is 1. The maximum absolute atomic E-state index is 10.9. The van der Waals surface area contributed by atoms with Crippen LogP contribution < -0.4 is 0 Å². The summed E-state index contributed by atoms with van der Waals surface area (Å²) < 4.78 is 6.61. The maximum Gasteiger partial charge on any atom is 0.341 e. The Morgan fingerprint density at radius 3 is 3.06 bits per heavy atom. The fraction of sp³-hybridized carbons (Fsp3) is 0.222. The van der Waals surface area contributed by atoms with E-state index in [2.05, 4.69) is 10.1 Å². The van der Waals surface area contributed by atoms with Crippen molar-refractivity contribution in [2.75, 3.05) is 0 Å². The number of aromatic carboxylic acids is 1. The number of imidazole rings is 1. The van der Waals surface area contributed by atoms with Crippen LogP contribution in [0.4, 0.5) is 0 Å². The molecule has 84 valence electrons. The molecule has 0 spiro atoms. The first-order valence-electron chi connectivity index (χ1n) is 4.54. The van der Waals surface area contributed by atoms with Gasteiger partial charge in [0.2, 0.25) is 5.76 Å². The van der Waals surface area contributed by atoms with E-state index in [-0.39, 0.29) is 16.5 Å². The van der Waals surface area contributed by atoms with Crippen molar-refractivity contribution in [3.63, 3.8) is 0 Å². The maximum atomic E-state index is 10.9. The molecule has 2 heterocycles. The van der Waals surface area contributed by atoms with Crippen molar-refractivity contribution in [2.45, 2.75) is 13.5 Å². The van der Waals surface area contributed by atoms with Gasteiger partial charge in [0.25, 0.3) is 0 Å². The fourth-order valence-electron chi connectivity index (χ4n) is 1.38. The number of aryl methyl sites for hydroxylation is 1. The molecule has 0 radical (unpaired) electrons. The van der Waals surface area contributed by atoms with Crippen LogP contribution in [0.5, 0.6) is 0 Å². The molecule has 1 N–H and O–H groups in total. The van der Waals surface area contributed by atoms with E-state index in [9.17, 15) is 4.79 Å². The summed E-state index contributed by atoms with van der Waals surface area (Å²) in [5.74, 6) is -0.993. The predicted octanol–water partition coefficient (Wildman–Crippen LogP) is 1.91. The molecule has 2 aromatic rings. The van der Waals surface area contributed by atoms with Gasteiger partial charge in [-0.15, -0.1) is 0 Å². The van der Waals surface area contributed by atoms with Crippen molar-refractivity contribution >= 4 is 17.6 Å². The fourth-order valence-corrected chi connectivity index (χ4v) is 1.62. The number of rotatable bonds is 3. The van der Waals surface area contributed by atoms with Crippen LogP contribution in [0, 0.1) is 0 Å². The van der Waals surface area contributed by atoms with E-state index in [1.54, 1.807) is 4.57 Å². The van der Waals surface area contributed by atoms with Crippen LogP contribution in [0.15, 0.2) is 17.0 Å². The first-order chi connectivity index (χ1) is 7.65. The van der Waals surface area contributed by atoms with Gasteiger partial charge in [-0.05, 0) is 6.92 Å². The van der Waals surface area contributed by atoms with E-state index < -0.39 is 5.97 Å². The molecule has 0 unspecified atom stereocenters. The summed E-state index contributed by atoms with van der Waals surface area (Å²) in [6, 6.07) is 0. The molecule has 0 aliphatic rings. The second kappa shape index (κ2) is 3.97. The molecule has 6 nitrogen and oxygen atoms in total. The summed E-state index contributed by atoms with van der Waals surface area (Å²) in [5, 5.41) is 12.6. The number of carbonyl (C=O) groups is 1. The Hall–Kier alpha value is -1.82. The third-order valence-corrected chi connectivity index (χ3v) is 2.43. The Labute approximate surface area is 95.4 Å². The zero-order chi connectivity index (χ0) is 11.7. The molecule has 0 aliphatic heterocycles.